The van der Waals surface area contributed by atoms with Gasteiger partial charge in [-0.1, -0.05) is 30.5 Å². The molecule has 4 nitrogen and oxygen atoms in total. The van der Waals surface area contributed by atoms with Crippen LogP contribution >= 0.6 is 22.9 Å². The Labute approximate surface area is 170 Å². The monoisotopic (exact) mass is 406 g/mol. The Kier molecular flexibility index (Phi) is 6.79. The van der Waals surface area contributed by atoms with E-state index in [0.717, 1.165) is 25.8 Å². The third-order valence-corrected chi connectivity index (χ3v) is 6.63. The molecule has 0 saturated heterocycles. The van der Waals surface area contributed by atoms with Crippen LogP contribution in [0, 0.1) is 0 Å². The summed E-state index contributed by atoms with van der Waals surface area (Å²) in [6, 6.07) is 10.1. The van der Waals surface area contributed by atoms with Gasteiger partial charge in [0, 0.05) is 36.1 Å². The van der Waals surface area contributed by atoms with Crippen molar-refractivity contribution in [2.75, 3.05) is 21.2 Å². The molecule has 0 N–H and O–H groups in total. The minimum absolute atomic E-state index is 0.0198. The van der Waals surface area contributed by atoms with Gasteiger partial charge in [-0.25, -0.2) is 0 Å². The molecule has 0 spiro atoms. The molecule has 0 bridgehead atoms. The lowest BCUT2D eigenvalue weighted by atomic mass is 9.88. The first kappa shape index (κ1) is 20.2. The number of carbonyl (C=O) groups is 1. The van der Waals surface area contributed by atoms with E-state index in [1.54, 1.807) is 36.6 Å². The van der Waals surface area contributed by atoms with Gasteiger partial charge in [0.05, 0.1) is 12.1 Å². The number of thiophene rings is 1. The SMILES string of the molecule is COc1cc(C(=O)N(C)C2CCCCC2N(C)Cc2cccs2)ccc1Cl. The number of nitrogens with zero attached hydrogens (tertiary/aromatic N) is 2. The second-order valence-electron chi connectivity index (χ2n) is 7.18. The number of amides is 1. The van der Waals surface area contributed by atoms with Crippen molar-refractivity contribution < 1.29 is 9.53 Å². The van der Waals surface area contributed by atoms with E-state index in [-0.39, 0.29) is 11.9 Å². The van der Waals surface area contributed by atoms with E-state index < -0.39 is 0 Å². The summed E-state index contributed by atoms with van der Waals surface area (Å²) in [5, 5.41) is 2.63. The minimum atomic E-state index is 0.0198. The van der Waals surface area contributed by atoms with Crippen LogP contribution in [-0.4, -0.2) is 49.0 Å². The normalized spacial score (nSPS) is 19.9. The molecule has 2 unspecified atom stereocenters. The van der Waals surface area contributed by atoms with Gasteiger partial charge in [-0.05, 0) is 49.5 Å². The van der Waals surface area contributed by atoms with Crippen molar-refractivity contribution in [2.24, 2.45) is 0 Å². The van der Waals surface area contributed by atoms with Crippen LogP contribution in [0.5, 0.6) is 5.75 Å². The van der Waals surface area contributed by atoms with E-state index in [2.05, 4.69) is 29.5 Å². The Morgan fingerprint density at radius 2 is 1.96 bits per heavy atom. The molecule has 1 aliphatic rings. The molecule has 2 aromatic rings. The summed E-state index contributed by atoms with van der Waals surface area (Å²) in [5.74, 6) is 0.553. The highest BCUT2D eigenvalue weighted by Gasteiger charge is 2.33. The van der Waals surface area contributed by atoms with E-state index >= 15 is 0 Å². The number of hydrogen-bond donors (Lipinski definition) is 0. The maximum Gasteiger partial charge on any atom is 0.254 e. The van der Waals surface area contributed by atoms with Crippen LogP contribution in [0.25, 0.3) is 0 Å². The molecule has 1 aromatic carbocycles. The lowest BCUT2D eigenvalue weighted by Crippen LogP contribution is -2.52. The lowest BCUT2D eigenvalue weighted by Gasteiger charge is -2.42. The molecule has 1 fully saturated rings. The molecule has 6 heteroatoms. The summed E-state index contributed by atoms with van der Waals surface area (Å²) in [5.41, 5.74) is 0.615. The number of benzene rings is 1. The predicted octanol–water partition coefficient (Wildman–Crippen LogP) is 4.93. The fraction of sp³-hybridized carbons (Fsp3) is 0.476. The number of methoxy groups -OCH3 is 1. The first-order valence-electron chi connectivity index (χ1n) is 9.34. The maximum atomic E-state index is 13.1. The highest BCUT2D eigenvalue weighted by atomic mass is 35.5. The molecule has 1 heterocycles. The average Bonchev–Trinajstić information content (AvgIpc) is 3.20. The summed E-state index contributed by atoms with van der Waals surface area (Å²) < 4.78 is 5.27. The van der Waals surface area contributed by atoms with Gasteiger partial charge in [0.2, 0.25) is 0 Å². The Morgan fingerprint density at radius 1 is 1.22 bits per heavy atom. The molecule has 0 aliphatic heterocycles. The standard InChI is InChI=1S/C21H27ClN2O2S/c1-23(14-16-7-6-12-27-16)18-8-4-5-9-19(18)24(2)21(25)15-10-11-17(22)20(13-15)26-3/h6-7,10-13,18-19H,4-5,8-9,14H2,1-3H3. The maximum absolute atomic E-state index is 13.1. The van der Waals surface area contributed by atoms with Gasteiger partial charge in [-0.15, -0.1) is 11.3 Å². The number of likely N-dealkylation sites (N-methyl/N-ethyl adjacent to an activating group) is 2. The Bertz CT molecular complexity index is 766. The van der Waals surface area contributed by atoms with Crippen molar-refractivity contribution in [3.05, 3.63) is 51.2 Å². The largest absolute Gasteiger partial charge is 0.495 e. The Balaban J connectivity index is 1.76. The summed E-state index contributed by atoms with van der Waals surface area (Å²) >= 11 is 7.89. The van der Waals surface area contributed by atoms with Crippen molar-refractivity contribution in [1.82, 2.24) is 9.80 Å². The van der Waals surface area contributed by atoms with Crippen molar-refractivity contribution >= 4 is 28.8 Å². The fourth-order valence-corrected chi connectivity index (χ4v) is 4.93. The zero-order valence-electron chi connectivity index (χ0n) is 16.2. The van der Waals surface area contributed by atoms with Crippen LogP contribution in [0.15, 0.2) is 35.7 Å². The van der Waals surface area contributed by atoms with E-state index in [9.17, 15) is 4.79 Å². The van der Waals surface area contributed by atoms with Crippen LogP contribution in [0.4, 0.5) is 0 Å². The lowest BCUT2D eigenvalue weighted by molar-refractivity contribution is 0.0488. The molecule has 146 valence electrons. The predicted molar refractivity (Wildman–Crippen MR) is 112 cm³/mol. The van der Waals surface area contributed by atoms with Gasteiger partial charge in [0.15, 0.2) is 0 Å². The van der Waals surface area contributed by atoms with E-state index in [4.69, 9.17) is 16.3 Å². The molecule has 2 atom stereocenters. The van der Waals surface area contributed by atoms with Gasteiger partial charge in [0.25, 0.3) is 5.91 Å². The van der Waals surface area contributed by atoms with Crippen LogP contribution in [0.3, 0.4) is 0 Å². The summed E-state index contributed by atoms with van der Waals surface area (Å²) in [7, 11) is 5.66. The van der Waals surface area contributed by atoms with Crippen LogP contribution in [0.2, 0.25) is 5.02 Å². The molecule has 1 aromatic heterocycles. The zero-order valence-corrected chi connectivity index (χ0v) is 17.7. The third kappa shape index (κ3) is 4.65. The number of carbonyl (C=O) groups excluding carboxylic acids is 1. The van der Waals surface area contributed by atoms with Crippen molar-refractivity contribution in [2.45, 2.75) is 44.3 Å². The van der Waals surface area contributed by atoms with Gasteiger partial charge >= 0.3 is 0 Å². The first-order valence-corrected chi connectivity index (χ1v) is 10.6. The third-order valence-electron chi connectivity index (χ3n) is 5.46. The van der Waals surface area contributed by atoms with Gasteiger partial charge in [-0.3, -0.25) is 9.69 Å². The Morgan fingerprint density at radius 3 is 2.63 bits per heavy atom. The Hall–Kier alpha value is -1.56. The molecule has 0 radical (unpaired) electrons. The highest BCUT2D eigenvalue weighted by molar-refractivity contribution is 7.09. The quantitative estimate of drug-likeness (QED) is 0.682. The first-order chi connectivity index (χ1) is 13.0. The van der Waals surface area contributed by atoms with Gasteiger partial charge < -0.3 is 9.64 Å². The van der Waals surface area contributed by atoms with Crippen LogP contribution < -0.4 is 4.74 Å². The molecule has 1 amide bonds. The smallest absolute Gasteiger partial charge is 0.254 e. The van der Waals surface area contributed by atoms with Crippen LogP contribution in [-0.2, 0) is 6.54 Å². The van der Waals surface area contributed by atoms with Gasteiger partial charge in [-0.2, -0.15) is 0 Å². The number of ether oxygens (including phenoxy) is 1. The molecule has 3 rings (SSSR count). The van der Waals surface area contributed by atoms with Crippen molar-refractivity contribution in [3.63, 3.8) is 0 Å². The van der Waals surface area contributed by atoms with Crippen LogP contribution in [0.1, 0.15) is 40.9 Å². The molecule has 27 heavy (non-hydrogen) atoms. The second kappa shape index (κ2) is 9.09. The summed E-state index contributed by atoms with van der Waals surface area (Å²) in [6.45, 7) is 0.926. The topological polar surface area (TPSA) is 32.8 Å². The second-order valence-corrected chi connectivity index (χ2v) is 8.62. The van der Waals surface area contributed by atoms with E-state index in [0.29, 0.717) is 22.4 Å². The molecular formula is C21H27ClN2O2S. The molecule has 1 aliphatic carbocycles. The molecular weight excluding hydrogens is 380 g/mol. The van der Waals surface area contributed by atoms with Crippen molar-refractivity contribution in [1.29, 1.82) is 0 Å². The number of halogens is 1. The minimum Gasteiger partial charge on any atom is -0.495 e. The van der Waals surface area contributed by atoms with E-state index in [1.807, 2.05) is 11.9 Å². The molecule has 1 saturated carbocycles. The highest BCUT2D eigenvalue weighted by Crippen LogP contribution is 2.30. The van der Waals surface area contributed by atoms with E-state index in [1.165, 1.54) is 11.3 Å². The van der Waals surface area contributed by atoms with Crippen molar-refractivity contribution in [3.8, 4) is 5.75 Å². The number of hydrogen-bond acceptors (Lipinski definition) is 4. The summed E-state index contributed by atoms with van der Waals surface area (Å²) in [6.07, 6.45) is 4.53. The number of rotatable bonds is 6. The van der Waals surface area contributed by atoms with Gasteiger partial charge in [0.1, 0.15) is 5.75 Å². The fourth-order valence-electron chi connectivity index (χ4n) is 3.97. The zero-order chi connectivity index (χ0) is 19.4. The average molecular weight is 407 g/mol. The summed E-state index contributed by atoms with van der Waals surface area (Å²) in [4.78, 5) is 18.8.